The molecule has 1 N–H and O–H groups in total. The lowest BCUT2D eigenvalue weighted by atomic mass is 9.87. The third-order valence-corrected chi connectivity index (χ3v) is 4.15. The van der Waals surface area contributed by atoms with Crippen molar-refractivity contribution in [1.82, 2.24) is 5.32 Å². The molecule has 84 valence electrons. The van der Waals surface area contributed by atoms with Gasteiger partial charge in [0, 0.05) is 12.5 Å². The third-order valence-electron chi connectivity index (χ3n) is 4.15. The van der Waals surface area contributed by atoms with Crippen LogP contribution in [-0.2, 0) is 6.42 Å². The fourth-order valence-electron chi connectivity index (χ4n) is 3.35. The first-order valence-corrected chi connectivity index (χ1v) is 6.33. The first kappa shape index (κ1) is 9.43. The van der Waals surface area contributed by atoms with E-state index in [0.29, 0.717) is 12.0 Å². The Hall–Kier alpha value is -1.60. The molecule has 2 bridgehead atoms. The molecule has 5 rings (SSSR count). The molecular weight excluding hydrogens is 206 g/mol. The predicted molar refractivity (Wildman–Crippen MR) is 69.2 cm³/mol. The van der Waals surface area contributed by atoms with Crippen molar-refractivity contribution in [2.24, 2.45) is 0 Å². The van der Waals surface area contributed by atoms with Crippen molar-refractivity contribution >= 4 is 0 Å². The van der Waals surface area contributed by atoms with E-state index in [9.17, 15) is 0 Å². The Balaban J connectivity index is 2.00. The SMILES string of the molecule is c1ccc2c(c1)C[C@H]1CN[C@@H]2c2ccccc21. The highest BCUT2D eigenvalue weighted by atomic mass is 14.9. The van der Waals surface area contributed by atoms with Gasteiger partial charge in [0.15, 0.2) is 0 Å². The molecule has 0 amide bonds. The maximum Gasteiger partial charge on any atom is 0.0582 e. The van der Waals surface area contributed by atoms with Gasteiger partial charge in [0.05, 0.1) is 6.04 Å². The lowest BCUT2D eigenvalue weighted by molar-refractivity contribution is 0.520. The molecule has 1 nitrogen and oxygen atoms in total. The summed E-state index contributed by atoms with van der Waals surface area (Å²) in [6, 6.07) is 18.2. The van der Waals surface area contributed by atoms with E-state index in [1.807, 2.05) is 0 Å². The lowest BCUT2D eigenvalue weighted by Gasteiger charge is -2.29. The summed E-state index contributed by atoms with van der Waals surface area (Å²) in [4.78, 5) is 0. The summed E-state index contributed by atoms with van der Waals surface area (Å²) in [7, 11) is 0. The smallest absolute Gasteiger partial charge is 0.0582 e. The number of hydrogen-bond donors (Lipinski definition) is 1. The molecule has 0 saturated carbocycles. The molecule has 0 spiro atoms. The summed E-state index contributed by atoms with van der Waals surface area (Å²) in [6.45, 7) is 1.11. The fourth-order valence-corrected chi connectivity index (χ4v) is 3.35. The number of benzene rings is 2. The minimum absolute atomic E-state index is 0.404. The zero-order chi connectivity index (χ0) is 11.2. The van der Waals surface area contributed by atoms with Crippen molar-refractivity contribution in [3.63, 3.8) is 0 Å². The summed E-state index contributed by atoms with van der Waals surface area (Å²) in [5, 5.41) is 3.69. The molecule has 1 aliphatic carbocycles. The van der Waals surface area contributed by atoms with Crippen LogP contribution in [0.3, 0.4) is 0 Å². The van der Waals surface area contributed by atoms with Gasteiger partial charge in [-0.1, -0.05) is 48.5 Å². The second kappa shape index (κ2) is 3.44. The van der Waals surface area contributed by atoms with Crippen LogP contribution in [0.2, 0.25) is 0 Å². The van der Waals surface area contributed by atoms with E-state index in [0.717, 1.165) is 6.54 Å². The monoisotopic (exact) mass is 221 g/mol. The van der Waals surface area contributed by atoms with Crippen LogP contribution >= 0.6 is 0 Å². The van der Waals surface area contributed by atoms with Gasteiger partial charge in [-0.05, 0) is 28.7 Å². The molecule has 0 radical (unpaired) electrons. The third kappa shape index (κ3) is 1.29. The summed E-state index contributed by atoms with van der Waals surface area (Å²) in [5.41, 5.74) is 6.02. The number of rotatable bonds is 0. The van der Waals surface area contributed by atoms with E-state index in [2.05, 4.69) is 53.8 Å². The Morgan fingerprint density at radius 3 is 2.41 bits per heavy atom. The first-order chi connectivity index (χ1) is 8.43. The average Bonchev–Trinajstić information content (AvgIpc) is 2.66. The van der Waals surface area contributed by atoms with Gasteiger partial charge < -0.3 is 5.32 Å². The summed E-state index contributed by atoms with van der Waals surface area (Å²) < 4.78 is 0. The van der Waals surface area contributed by atoms with Crippen molar-refractivity contribution in [1.29, 1.82) is 0 Å². The van der Waals surface area contributed by atoms with Crippen molar-refractivity contribution in [3.05, 3.63) is 70.8 Å². The van der Waals surface area contributed by atoms with Gasteiger partial charge in [0.2, 0.25) is 0 Å². The van der Waals surface area contributed by atoms with Crippen LogP contribution in [0.5, 0.6) is 0 Å². The van der Waals surface area contributed by atoms with Crippen LogP contribution in [-0.4, -0.2) is 6.54 Å². The minimum Gasteiger partial charge on any atom is -0.306 e. The lowest BCUT2D eigenvalue weighted by Crippen LogP contribution is -2.31. The van der Waals surface area contributed by atoms with Gasteiger partial charge in [-0.3, -0.25) is 0 Å². The van der Waals surface area contributed by atoms with Crippen LogP contribution in [0, 0.1) is 0 Å². The summed E-state index contributed by atoms with van der Waals surface area (Å²) in [6.07, 6.45) is 1.18. The largest absolute Gasteiger partial charge is 0.306 e. The van der Waals surface area contributed by atoms with Crippen LogP contribution in [0.1, 0.15) is 34.2 Å². The summed E-state index contributed by atoms with van der Waals surface area (Å²) >= 11 is 0. The zero-order valence-electron chi connectivity index (χ0n) is 9.69. The molecule has 0 fully saturated rings. The second-order valence-corrected chi connectivity index (χ2v) is 5.07. The van der Waals surface area contributed by atoms with Crippen LogP contribution in [0.25, 0.3) is 0 Å². The van der Waals surface area contributed by atoms with Gasteiger partial charge in [-0.2, -0.15) is 0 Å². The minimum atomic E-state index is 0.404. The maximum absolute atomic E-state index is 3.69. The molecule has 2 aromatic carbocycles. The second-order valence-electron chi connectivity index (χ2n) is 5.07. The molecule has 17 heavy (non-hydrogen) atoms. The Labute approximate surface area is 101 Å². The zero-order valence-corrected chi connectivity index (χ0v) is 9.69. The molecule has 2 atom stereocenters. The van der Waals surface area contributed by atoms with E-state index >= 15 is 0 Å². The highest BCUT2D eigenvalue weighted by molar-refractivity contribution is 5.48. The topological polar surface area (TPSA) is 12.0 Å². The summed E-state index contributed by atoms with van der Waals surface area (Å²) in [5.74, 6) is 0.645. The van der Waals surface area contributed by atoms with Gasteiger partial charge >= 0.3 is 0 Å². The van der Waals surface area contributed by atoms with E-state index in [-0.39, 0.29) is 0 Å². The van der Waals surface area contributed by atoms with Gasteiger partial charge in [-0.15, -0.1) is 0 Å². The van der Waals surface area contributed by atoms with E-state index < -0.39 is 0 Å². The van der Waals surface area contributed by atoms with Crippen molar-refractivity contribution in [2.75, 3.05) is 6.54 Å². The standard InChI is InChI=1S/C16H15N/c1-2-7-14-11(5-1)9-12-10-17-16(14)15-8-4-3-6-13(12)15/h1-8,12,16-17H,9-10H2/t12-,16-/m0/s1. The predicted octanol–water partition coefficient (Wildman–Crippen LogP) is 3.02. The molecular formula is C16H15N. The Kier molecular flexibility index (Phi) is 1.91. The maximum atomic E-state index is 3.69. The highest BCUT2D eigenvalue weighted by Crippen LogP contribution is 2.40. The molecule has 2 heterocycles. The van der Waals surface area contributed by atoms with Crippen molar-refractivity contribution in [2.45, 2.75) is 18.4 Å². The first-order valence-electron chi connectivity index (χ1n) is 6.33. The average molecular weight is 221 g/mol. The molecule has 0 aromatic heterocycles. The molecule has 3 aliphatic rings. The Bertz CT molecular complexity index is 573. The molecule has 0 unspecified atom stereocenters. The van der Waals surface area contributed by atoms with Crippen LogP contribution in [0.15, 0.2) is 48.5 Å². The quantitative estimate of drug-likeness (QED) is 0.721. The van der Waals surface area contributed by atoms with E-state index in [1.165, 1.54) is 23.1 Å². The van der Waals surface area contributed by atoms with Crippen LogP contribution < -0.4 is 5.32 Å². The Morgan fingerprint density at radius 1 is 0.824 bits per heavy atom. The van der Waals surface area contributed by atoms with E-state index in [4.69, 9.17) is 0 Å². The molecule has 0 saturated heterocycles. The van der Waals surface area contributed by atoms with Crippen molar-refractivity contribution in [3.8, 4) is 0 Å². The van der Waals surface area contributed by atoms with Gasteiger partial charge in [0.25, 0.3) is 0 Å². The van der Waals surface area contributed by atoms with Gasteiger partial charge in [-0.25, -0.2) is 0 Å². The molecule has 1 heteroatoms. The molecule has 2 aromatic rings. The number of hydrogen-bond acceptors (Lipinski definition) is 1. The van der Waals surface area contributed by atoms with Crippen LogP contribution in [0.4, 0.5) is 0 Å². The van der Waals surface area contributed by atoms with Crippen molar-refractivity contribution < 1.29 is 0 Å². The van der Waals surface area contributed by atoms with E-state index in [1.54, 1.807) is 5.56 Å². The van der Waals surface area contributed by atoms with Gasteiger partial charge in [0.1, 0.15) is 0 Å². The fraction of sp³-hybridized carbons (Fsp3) is 0.250. The number of nitrogens with one attached hydrogen (secondary N) is 1. The Morgan fingerprint density at radius 2 is 1.53 bits per heavy atom. The molecule has 2 aliphatic heterocycles. The normalized spacial score (nSPS) is 24.9. The highest BCUT2D eigenvalue weighted by Gasteiger charge is 2.32. The number of fused-ring (bicyclic) bond motifs is 1.